The molecule has 1 rings (SSSR count). The third-order valence-corrected chi connectivity index (χ3v) is 4.29. The van der Waals surface area contributed by atoms with E-state index in [2.05, 4.69) is 5.32 Å². The molecule has 12 heteroatoms. The molecule has 1 saturated heterocycles. The van der Waals surface area contributed by atoms with Gasteiger partial charge in [-0.25, -0.2) is 4.79 Å². The van der Waals surface area contributed by atoms with Gasteiger partial charge in [-0.05, 0) is 26.7 Å². The van der Waals surface area contributed by atoms with Crippen molar-refractivity contribution >= 4 is 29.7 Å². The number of aliphatic carboxylic acids is 2. The topological polar surface area (TPSA) is 199 Å². The summed E-state index contributed by atoms with van der Waals surface area (Å²) in [4.78, 5) is 60.4. The molecule has 158 valence electrons. The molecule has 12 nitrogen and oxygen atoms in total. The van der Waals surface area contributed by atoms with Gasteiger partial charge >= 0.3 is 11.9 Å². The molecule has 0 radical (unpaired) electrons. The van der Waals surface area contributed by atoms with E-state index >= 15 is 0 Å². The van der Waals surface area contributed by atoms with Gasteiger partial charge < -0.3 is 36.6 Å². The van der Waals surface area contributed by atoms with Crippen LogP contribution in [0.2, 0.25) is 0 Å². The van der Waals surface area contributed by atoms with Crippen molar-refractivity contribution in [3.05, 3.63) is 0 Å². The first kappa shape index (κ1) is 23.3. The number of carboxylic acid groups (broad SMARTS) is 2. The number of hydrogen-bond acceptors (Lipinski definition) is 7. The number of aliphatic hydroxyl groups is 1. The van der Waals surface area contributed by atoms with Crippen LogP contribution in [-0.2, 0) is 24.0 Å². The molecular weight excluding hydrogens is 376 g/mol. The molecule has 3 amide bonds. The lowest BCUT2D eigenvalue weighted by Gasteiger charge is -2.27. The van der Waals surface area contributed by atoms with Crippen LogP contribution < -0.4 is 16.4 Å². The SMILES string of the molecule is CC(N)C(=O)N1CCCC1C(=O)NC(CC(=O)O)C(=O)NC(C(=O)O)C(C)O. The van der Waals surface area contributed by atoms with Crippen molar-refractivity contribution in [2.75, 3.05) is 6.54 Å². The molecule has 0 aliphatic carbocycles. The molecule has 1 heterocycles. The molecule has 0 aromatic carbocycles. The first-order valence-corrected chi connectivity index (χ1v) is 8.75. The third-order valence-electron chi connectivity index (χ3n) is 4.29. The number of amides is 3. The summed E-state index contributed by atoms with van der Waals surface area (Å²) in [6.07, 6.45) is -1.40. The fraction of sp³-hybridized carbons (Fsp3) is 0.688. The van der Waals surface area contributed by atoms with E-state index in [1.807, 2.05) is 5.32 Å². The lowest BCUT2D eigenvalue weighted by molar-refractivity contribution is -0.146. The van der Waals surface area contributed by atoms with E-state index in [1.54, 1.807) is 0 Å². The Morgan fingerprint density at radius 1 is 1.14 bits per heavy atom. The van der Waals surface area contributed by atoms with E-state index in [9.17, 15) is 29.1 Å². The normalized spacial score (nSPS) is 20.6. The smallest absolute Gasteiger partial charge is 0.328 e. The zero-order chi connectivity index (χ0) is 21.6. The van der Waals surface area contributed by atoms with Crippen LogP contribution in [0.25, 0.3) is 0 Å². The average Bonchev–Trinajstić information content (AvgIpc) is 3.06. The van der Waals surface area contributed by atoms with E-state index in [-0.39, 0.29) is 0 Å². The van der Waals surface area contributed by atoms with Crippen molar-refractivity contribution in [1.82, 2.24) is 15.5 Å². The molecule has 0 aromatic rings. The molecule has 1 fully saturated rings. The summed E-state index contributed by atoms with van der Waals surface area (Å²) in [7, 11) is 0. The molecule has 28 heavy (non-hydrogen) atoms. The van der Waals surface area contributed by atoms with Crippen LogP contribution in [0.4, 0.5) is 0 Å². The van der Waals surface area contributed by atoms with Crippen LogP contribution in [0, 0.1) is 0 Å². The Labute approximate surface area is 161 Å². The summed E-state index contributed by atoms with van der Waals surface area (Å²) in [6.45, 7) is 2.91. The molecule has 5 unspecified atom stereocenters. The number of carboxylic acids is 2. The lowest BCUT2D eigenvalue weighted by Crippen LogP contribution is -2.58. The maximum Gasteiger partial charge on any atom is 0.328 e. The van der Waals surface area contributed by atoms with Crippen molar-refractivity contribution in [3.63, 3.8) is 0 Å². The molecule has 0 spiro atoms. The lowest BCUT2D eigenvalue weighted by atomic mass is 10.1. The van der Waals surface area contributed by atoms with Crippen LogP contribution >= 0.6 is 0 Å². The van der Waals surface area contributed by atoms with E-state index < -0.39 is 66.4 Å². The van der Waals surface area contributed by atoms with Gasteiger partial charge in [0.2, 0.25) is 17.7 Å². The standard InChI is InChI=1S/C16H26N4O8/c1-7(17)15(26)20-5-3-4-10(20)14(25)18-9(6-11(22)23)13(24)19-12(8(2)21)16(27)28/h7-10,12,21H,3-6,17H2,1-2H3,(H,18,25)(H,19,24)(H,22,23)(H,27,28). The number of aliphatic hydroxyl groups excluding tert-OH is 1. The second-order valence-electron chi connectivity index (χ2n) is 6.70. The fourth-order valence-corrected chi connectivity index (χ4v) is 2.86. The van der Waals surface area contributed by atoms with Crippen LogP contribution in [0.3, 0.4) is 0 Å². The van der Waals surface area contributed by atoms with Gasteiger partial charge in [-0.1, -0.05) is 0 Å². The highest BCUT2D eigenvalue weighted by Gasteiger charge is 2.38. The number of nitrogens with zero attached hydrogens (tertiary/aromatic N) is 1. The molecular formula is C16H26N4O8. The Hall–Kier alpha value is -2.73. The Bertz CT molecular complexity index is 636. The summed E-state index contributed by atoms with van der Waals surface area (Å²) >= 11 is 0. The van der Waals surface area contributed by atoms with Crippen LogP contribution in [0.5, 0.6) is 0 Å². The molecule has 1 aliphatic heterocycles. The van der Waals surface area contributed by atoms with Crippen LogP contribution in [-0.4, -0.2) is 86.7 Å². The Balaban J connectivity index is 2.91. The Morgan fingerprint density at radius 2 is 1.75 bits per heavy atom. The Kier molecular flexibility index (Phi) is 8.32. The predicted octanol–water partition coefficient (Wildman–Crippen LogP) is -2.77. The average molecular weight is 402 g/mol. The van der Waals surface area contributed by atoms with Gasteiger partial charge in [0, 0.05) is 6.54 Å². The number of likely N-dealkylation sites (tertiary alicyclic amines) is 1. The largest absolute Gasteiger partial charge is 0.481 e. The second-order valence-corrected chi connectivity index (χ2v) is 6.70. The summed E-state index contributed by atoms with van der Waals surface area (Å²) < 4.78 is 0. The second kappa shape index (κ2) is 9.99. The Morgan fingerprint density at radius 3 is 2.21 bits per heavy atom. The van der Waals surface area contributed by atoms with Crippen molar-refractivity contribution in [2.24, 2.45) is 5.73 Å². The van der Waals surface area contributed by atoms with E-state index in [0.717, 1.165) is 6.92 Å². The van der Waals surface area contributed by atoms with E-state index in [4.69, 9.17) is 15.9 Å². The number of carbonyl (C=O) groups excluding carboxylic acids is 3. The van der Waals surface area contributed by atoms with Crippen molar-refractivity contribution in [3.8, 4) is 0 Å². The zero-order valence-electron chi connectivity index (χ0n) is 15.6. The highest BCUT2D eigenvalue weighted by atomic mass is 16.4. The van der Waals surface area contributed by atoms with Gasteiger partial charge in [-0.2, -0.15) is 0 Å². The molecule has 0 aromatic heterocycles. The maximum atomic E-state index is 12.5. The van der Waals surface area contributed by atoms with Gasteiger partial charge in [0.15, 0.2) is 6.04 Å². The monoisotopic (exact) mass is 402 g/mol. The van der Waals surface area contributed by atoms with Gasteiger partial charge in [0.1, 0.15) is 12.1 Å². The highest BCUT2D eigenvalue weighted by Crippen LogP contribution is 2.18. The summed E-state index contributed by atoms with van der Waals surface area (Å²) in [5.41, 5.74) is 5.56. The number of nitrogens with two attached hydrogens (primary N) is 1. The van der Waals surface area contributed by atoms with Gasteiger partial charge in [0.05, 0.1) is 18.6 Å². The highest BCUT2D eigenvalue weighted by molar-refractivity contribution is 5.95. The summed E-state index contributed by atoms with van der Waals surface area (Å²) in [5, 5.41) is 31.7. The first-order valence-electron chi connectivity index (χ1n) is 8.75. The van der Waals surface area contributed by atoms with E-state index in [1.165, 1.54) is 11.8 Å². The minimum absolute atomic E-state index is 0.303. The van der Waals surface area contributed by atoms with Crippen molar-refractivity contribution in [2.45, 2.75) is 63.4 Å². The number of nitrogens with one attached hydrogen (secondary N) is 2. The number of carbonyl (C=O) groups is 5. The van der Waals surface area contributed by atoms with E-state index in [0.29, 0.717) is 19.4 Å². The number of rotatable bonds is 9. The summed E-state index contributed by atoms with van der Waals surface area (Å²) in [5.74, 6) is -5.19. The maximum absolute atomic E-state index is 12.5. The molecule has 7 N–H and O–H groups in total. The van der Waals surface area contributed by atoms with Crippen molar-refractivity contribution < 1.29 is 39.3 Å². The van der Waals surface area contributed by atoms with Crippen molar-refractivity contribution in [1.29, 1.82) is 0 Å². The van der Waals surface area contributed by atoms with Gasteiger partial charge in [0.25, 0.3) is 0 Å². The van der Waals surface area contributed by atoms with Gasteiger partial charge in [-0.15, -0.1) is 0 Å². The quantitative estimate of drug-likeness (QED) is 0.236. The van der Waals surface area contributed by atoms with Crippen LogP contribution in [0.1, 0.15) is 33.1 Å². The zero-order valence-corrected chi connectivity index (χ0v) is 15.6. The molecule has 5 atom stereocenters. The minimum Gasteiger partial charge on any atom is -0.481 e. The summed E-state index contributed by atoms with van der Waals surface area (Å²) in [6, 6.07) is -5.00. The first-order chi connectivity index (χ1) is 13.0. The van der Waals surface area contributed by atoms with Crippen LogP contribution in [0.15, 0.2) is 0 Å². The number of hydrogen-bond donors (Lipinski definition) is 6. The van der Waals surface area contributed by atoms with Gasteiger partial charge in [-0.3, -0.25) is 19.2 Å². The predicted molar refractivity (Wildman–Crippen MR) is 93.8 cm³/mol. The molecule has 0 saturated carbocycles. The minimum atomic E-state index is -1.68. The molecule has 1 aliphatic rings. The third kappa shape index (κ3) is 6.16. The fourth-order valence-electron chi connectivity index (χ4n) is 2.86. The molecule has 0 bridgehead atoms.